The maximum atomic E-state index is 16.0. The van der Waals surface area contributed by atoms with Crippen LogP contribution in [-0.2, 0) is 26.9 Å². The van der Waals surface area contributed by atoms with Crippen LogP contribution in [0.25, 0.3) is 11.1 Å². The molecule has 50 heavy (non-hydrogen) atoms. The van der Waals surface area contributed by atoms with Gasteiger partial charge in [0.1, 0.15) is 18.0 Å². The second-order valence-electron chi connectivity index (χ2n) is 13.7. The summed E-state index contributed by atoms with van der Waals surface area (Å²) in [6, 6.07) is 7.80. The monoisotopic (exact) mass is 703 g/mol. The fourth-order valence-electron chi connectivity index (χ4n) is 6.67. The Morgan fingerprint density at radius 3 is 2.28 bits per heavy atom. The normalized spacial score (nSPS) is 15.2. The van der Waals surface area contributed by atoms with Gasteiger partial charge in [0.05, 0.1) is 24.3 Å². The number of Topliss-reactive ketones (excluding diaryl/α,β-unsaturated/α-hetero) is 1. The Balaban J connectivity index is 1.72. The van der Waals surface area contributed by atoms with Crippen molar-refractivity contribution in [1.29, 1.82) is 0 Å². The summed E-state index contributed by atoms with van der Waals surface area (Å²) in [6.45, 7) is 11.8. The van der Waals surface area contributed by atoms with Crippen molar-refractivity contribution in [2.75, 3.05) is 26.2 Å². The number of halogens is 5. The van der Waals surface area contributed by atoms with Gasteiger partial charge >= 0.3 is 12.1 Å². The number of rotatable bonds is 15. The van der Waals surface area contributed by atoms with Crippen LogP contribution in [0.3, 0.4) is 0 Å². The molecular formula is C38H46F5N3O4. The zero-order valence-corrected chi connectivity index (χ0v) is 29.5. The molecule has 2 heterocycles. The quantitative estimate of drug-likeness (QED) is 0.118. The summed E-state index contributed by atoms with van der Waals surface area (Å²) in [5.41, 5.74) is 0.997. The molecule has 0 N–H and O–H groups in total. The van der Waals surface area contributed by atoms with E-state index in [1.54, 1.807) is 45.9 Å². The molecule has 0 saturated carbocycles. The van der Waals surface area contributed by atoms with Crippen molar-refractivity contribution in [3.8, 4) is 11.1 Å². The number of carbonyl (C=O) groups excluding carboxylic acids is 2. The number of likely N-dealkylation sites (tertiary alicyclic amines) is 1. The average Bonchev–Trinajstić information content (AvgIpc) is 3.00. The van der Waals surface area contributed by atoms with E-state index < -0.39 is 59.4 Å². The number of aromatic nitrogens is 2. The van der Waals surface area contributed by atoms with Crippen LogP contribution < -0.4 is 5.56 Å². The van der Waals surface area contributed by atoms with Gasteiger partial charge in [-0.05, 0) is 97.9 Å². The maximum absolute atomic E-state index is 16.0. The van der Waals surface area contributed by atoms with Gasteiger partial charge in [-0.2, -0.15) is 18.3 Å². The summed E-state index contributed by atoms with van der Waals surface area (Å²) in [5, 5.41) is 4.57. The van der Waals surface area contributed by atoms with Crippen molar-refractivity contribution in [2.45, 2.75) is 98.0 Å². The van der Waals surface area contributed by atoms with Crippen LogP contribution in [0.4, 0.5) is 22.0 Å². The zero-order chi connectivity index (χ0) is 36.9. The van der Waals surface area contributed by atoms with Crippen LogP contribution in [0.2, 0.25) is 0 Å². The third-order valence-corrected chi connectivity index (χ3v) is 9.26. The first-order valence-electron chi connectivity index (χ1n) is 17.1. The van der Waals surface area contributed by atoms with Gasteiger partial charge in [-0.3, -0.25) is 19.3 Å². The number of esters is 1. The van der Waals surface area contributed by atoms with Gasteiger partial charge in [0.25, 0.3) is 5.56 Å². The number of hydrogen-bond acceptors (Lipinski definition) is 6. The first kappa shape index (κ1) is 38.9. The van der Waals surface area contributed by atoms with Crippen molar-refractivity contribution >= 4 is 11.8 Å². The van der Waals surface area contributed by atoms with E-state index in [-0.39, 0.29) is 42.9 Å². The molecule has 1 fully saturated rings. The fraction of sp³-hybridized carbons (Fsp3) is 0.526. The highest BCUT2D eigenvalue weighted by Crippen LogP contribution is 2.41. The molecule has 2 aromatic carbocycles. The Morgan fingerprint density at radius 2 is 1.70 bits per heavy atom. The topological polar surface area (TPSA) is 81.5 Å². The lowest BCUT2D eigenvalue weighted by Gasteiger charge is -2.34. The number of benzene rings is 2. The Hall–Kier alpha value is -3.93. The highest BCUT2D eigenvalue weighted by atomic mass is 19.4. The largest absolute Gasteiger partial charge is 0.466 e. The molecule has 0 unspecified atom stereocenters. The van der Waals surface area contributed by atoms with Gasteiger partial charge in [-0.15, -0.1) is 0 Å². The number of hydrogen-bond donors (Lipinski definition) is 0. The van der Waals surface area contributed by atoms with Gasteiger partial charge in [0, 0.05) is 38.5 Å². The molecule has 7 nitrogen and oxygen atoms in total. The molecule has 0 radical (unpaired) electrons. The van der Waals surface area contributed by atoms with E-state index in [1.165, 1.54) is 12.1 Å². The molecule has 3 aromatic rings. The minimum Gasteiger partial charge on any atom is -0.466 e. The standard InChI is InChI=1S/C38H46F5N3O4/c1-7-50-35(49)19-26(29-17-27(18-30(37(29)40)38(41,42)43)36-23(4)9-8-10-24(36)5)11-12-33(47)32(15-22(2)3)46-34(48)16-25(6)31(44-46)13-14-45-20-28(39)21-45/h8-10,16-18,22,26,28,32H,7,11-15,19-21H2,1-6H3/t26-,32-/m0/s1. The Labute approximate surface area is 289 Å². The summed E-state index contributed by atoms with van der Waals surface area (Å²) < 4.78 is 78.4. The van der Waals surface area contributed by atoms with Crippen molar-refractivity contribution < 1.29 is 36.3 Å². The molecular weight excluding hydrogens is 657 g/mol. The van der Waals surface area contributed by atoms with Gasteiger partial charge in [0.15, 0.2) is 5.78 Å². The second-order valence-corrected chi connectivity index (χ2v) is 13.7. The van der Waals surface area contributed by atoms with Gasteiger partial charge in [-0.1, -0.05) is 32.0 Å². The number of carbonyl (C=O) groups is 2. The van der Waals surface area contributed by atoms with Gasteiger partial charge < -0.3 is 4.74 Å². The van der Waals surface area contributed by atoms with E-state index in [1.807, 2.05) is 18.7 Å². The Bertz CT molecular complexity index is 1730. The maximum Gasteiger partial charge on any atom is 0.419 e. The third-order valence-electron chi connectivity index (χ3n) is 9.26. The highest BCUT2D eigenvalue weighted by Gasteiger charge is 2.38. The fourth-order valence-corrected chi connectivity index (χ4v) is 6.67. The number of aryl methyl sites for hydroxylation is 3. The van der Waals surface area contributed by atoms with Gasteiger partial charge in [-0.25, -0.2) is 13.5 Å². The first-order chi connectivity index (χ1) is 23.5. The Kier molecular flexibility index (Phi) is 12.7. The summed E-state index contributed by atoms with van der Waals surface area (Å²) in [6.07, 6.45) is -6.09. The molecule has 2 atom stereocenters. The lowest BCUT2D eigenvalue weighted by Crippen LogP contribution is -2.49. The number of alkyl halides is 4. The summed E-state index contributed by atoms with van der Waals surface area (Å²) in [4.78, 5) is 41.9. The molecule has 272 valence electrons. The molecule has 0 amide bonds. The molecule has 1 aliphatic heterocycles. The van der Waals surface area contributed by atoms with Crippen molar-refractivity contribution in [3.05, 3.63) is 86.1 Å². The molecule has 0 aliphatic carbocycles. The SMILES string of the molecule is CCOC(=O)C[C@H](CCC(=O)[C@H](CC(C)C)n1nc(CCN2CC(F)C2)c(C)cc1=O)c1cc(-c2c(C)cccc2C)cc(C(F)(F)F)c1F. The smallest absolute Gasteiger partial charge is 0.419 e. The summed E-state index contributed by atoms with van der Waals surface area (Å²) >= 11 is 0. The molecule has 0 bridgehead atoms. The van der Waals surface area contributed by atoms with E-state index in [0.717, 1.165) is 10.7 Å². The van der Waals surface area contributed by atoms with Gasteiger partial charge in [0.2, 0.25) is 0 Å². The molecule has 12 heteroatoms. The molecule has 1 aliphatic rings. The predicted octanol–water partition coefficient (Wildman–Crippen LogP) is 7.86. The van der Waals surface area contributed by atoms with Crippen LogP contribution in [0.15, 0.2) is 41.2 Å². The van der Waals surface area contributed by atoms with Crippen molar-refractivity contribution in [2.24, 2.45) is 5.92 Å². The molecule has 4 rings (SSSR count). The van der Waals surface area contributed by atoms with Crippen molar-refractivity contribution in [1.82, 2.24) is 14.7 Å². The number of ether oxygens (including phenoxy) is 1. The minimum absolute atomic E-state index is 0.0101. The minimum atomic E-state index is -5.03. The van der Waals surface area contributed by atoms with Crippen LogP contribution in [0, 0.1) is 32.5 Å². The summed E-state index contributed by atoms with van der Waals surface area (Å²) in [5.74, 6) is -3.84. The van der Waals surface area contributed by atoms with E-state index in [2.05, 4.69) is 5.10 Å². The van der Waals surface area contributed by atoms with E-state index in [4.69, 9.17) is 4.74 Å². The lowest BCUT2D eigenvalue weighted by atomic mass is 9.84. The van der Waals surface area contributed by atoms with Crippen LogP contribution in [0.1, 0.15) is 91.9 Å². The third kappa shape index (κ3) is 9.44. The lowest BCUT2D eigenvalue weighted by molar-refractivity contribution is -0.143. The summed E-state index contributed by atoms with van der Waals surface area (Å²) in [7, 11) is 0. The first-order valence-corrected chi connectivity index (χ1v) is 17.1. The van der Waals surface area contributed by atoms with Crippen LogP contribution in [0.5, 0.6) is 0 Å². The van der Waals surface area contributed by atoms with E-state index in [9.17, 15) is 31.9 Å². The zero-order valence-electron chi connectivity index (χ0n) is 29.5. The molecule has 1 saturated heterocycles. The van der Waals surface area contributed by atoms with Crippen LogP contribution >= 0.6 is 0 Å². The van der Waals surface area contributed by atoms with E-state index in [0.29, 0.717) is 54.0 Å². The molecule has 0 spiro atoms. The Morgan fingerprint density at radius 1 is 1.04 bits per heavy atom. The second kappa shape index (κ2) is 16.4. The number of nitrogens with zero attached hydrogens (tertiary/aromatic N) is 3. The highest BCUT2D eigenvalue weighted by molar-refractivity contribution is 5.82. The van der Waals surface area contributed by atoms with Crippen LogP contribution in [-0.4, -0.2) is 58.8 Å². The average molecular weight is 704 g/mol. The van der Waals surface area contributed by atoms with Crippen molar-refractivity contribution in [3.63, 3.8) is 0 Å². The predicted molar refractivity (Wildman–Crippen MR) is 181 cm³/mol. The van der Waals surface area contributed by atoms with E-state index >= 15 is 4.39 Å². The number of ketones is 1. The molecule has 1 aromatic heterocycles.